The normalized spacial score (nSPS) is 17.1. The summed E-state index contributed by atoms with van der Waals surface area (Å²) in [6.07, 6.45) is 7.82. The van der Waals surface area contributed by atoms with E-state index < -0.39 is 0 Å². The zero-order valence-electron chi connectivity index (χ0n) is 20.6. The number of unbranched alkanes of at least 4 members (excludes halogenated alkanes) is 4. The van der Waals surface area contributed by atoms with Gasteiger partial charge in [0.2, 0.25) is 0 Å². The van der Waals surface area contributed by atoms with Gasteiger partial charge in [-0.15, -0.1) is 23.5 Å². The molecular weight excluding hydrogens is 448 g/mol. The lowest BCUT2D eigenvalue weighted by Gasteiger charge is -2.35. The van der Waals surface area contributed by atoms with Crippen LogP contribution in [-0.4, -0.2) is 11.5 Å². The van der Waals surface area contributed by atoms with E-state index in [1.165, 1.54) is 71.6 Å². The van der Waals surface area contributed by atoms with Crippen LogP contribution in [-0.2, 0) is 0 Å². The summed E-state index contributed by atoms with van der Waals surface area (Å²) in [6, 6.07) is 27.9. The Bertz CT molecular complexity index is 1070. The van der Waals surface area contributed by atoms with Crippen molar-refractivity contribution in [3.05, 3.63) is 95.1 Å². The number of hydrogen-bond acceptors (Lipinski definition) is 2. The highest BCUT2D eigenvalue weighted by atomic mass is 32.2. The van der Waals surface area contributed by atoms with Crippen molar-refractivity contribution in [3.8, 4) is 0 Å². The maximum Gasteiger partial charge on any atom is 0.0553 e. The van der Waals surface area contributed by atoms with Crippen molar-refractivity contribution in [1.82, 2.24) is 0 Å². The molecule has 0 aromatic heterocycles. The fourth-order valence-electron chi connectivity index (χ4n) is 5.26. The van der Waals surface area contributed by atoms with Gasteiger partial charge in [0.15, 0.2) is 0 Å². The van der Waals surface area contributed by atoms with Crippen LogP contribution in [0.4, 0.5) is 0 Å². The molecule has 2 heteroatoms. The van der Waals surface area contributed by atoms with Gasteiger partial charge in [0.25, 0.3) is 0 Å². The van der Waals surface area contributed by atoms with Crippen molar-refractivity contribution in [2.75, 3.05) is 11.5 Å². The van der Waals surface area contributed by atoms with Crippen molar-refractivity contribution in [1.29, 1.82) is 0 Å². The molecule has 0 saturated heterocycles. The second kappa shape index (κ2) is 11.2. The Morgan fingerprint density at radius 1 is 0.500 bits per heavy atom. The zero-order valence-corrected chi connectivity index (χ0v) is 22.2. The Balaban J connectivity index is 1.64. The third-order valence-corrected chi connectivity index (χ3v) is 9.83. The quantitative estimate of drug-likeness (QED) is 0.205. The summed E-state index contributed by atoms with van der Waals surface area (Å²) in [6.45, 7) is 4.60. The Morgan fingerprint density at radius 3 is 1.12 bits per heavy atom. The zero-order chi connectivity index (χ0) is 23.3. The molecule has 176 valence electrons. The van der Waals surface area contributed by atoms with Crippen LogP contribution in [0, 0.1) is 0 Å². The second-order valence-corrected chi connectivity index (χ2v) is 12.0. The summed E-state index contributed by atoms with van der Waals surface area (Å²) in [5.74, 6) is 2.46. The smallest absolute Gasteiger partial charge is 0.0553 e. The van der Waals surface area contributed by atoms with E-state index in [-0.39, 0.29) is 0 Å². The van der Waals surface area contributed by atoms with Crippen molar-refractivity contribution < 1.29 is 0 Å². The van der Waals surface area contributed by atoms with E-state index in [1.54, 1.807) is 22.3 Å². The van der Waals surface area contributed by atoms with Crippen molar-refractivity contribution >= 4 is 45.1 Å². The van der Waals surface area contributed by atoms with E-state index in [0.29, 0.717) is 10.5 Å². The predicted molar refractivity (Wildman–Crippen MR) is 156 cm³/mol. The summed E-state index contributed by atoms with van der Waals surface area (Å²) < 4.78 is 0. The molecule has 0 heterocycles. The molecule has 0 aliphatic heterocycles. The highest BCUT2D eigenvalue weighted by molar-refractivity contribution is 8.00. The first-order chi connectivity index (χ1) is 16.8. The van der Waals surface area contributed by atoms with Crippen LogP contribution < -0.4 is 0 Å². The van der Waals surface area contributed by atoms with Crippen LogP contribution in [0.25, 0.3) is 21.5 Å². The van der Waals surface area contributed by atoms with Crippen LogP contribution in [0.2, 0.25) is 0 Å². The molecule has 0 fully saturated rings. The average molecular weight is 485 g/mol. The van der Waals surface area contributed by atoms with Gasteiger partial charge in [-0.05, 0) is 92.4 Å². The van der Waals surface area contributed by atoms with Gasteiger partial charge in [0, 0.05) is 0 Å². The number of benzene rings is 4. The first kappa shape index (κ1) is 23.8. The van der Waals surface area contributed by atoms with Crippen molar-refractivity contribution in [2.24, 2.45) is 0 Å². The molecule has 0 spiro atoms. The standard InChI is InChI=1S/C32H36S2/c1-3-5-11-17-33-31-27-19-23-13-7-9-15-25(23)21-29(27)32(34-18-12-6-4-2)30-22-26-16-10-8-14-24(26)20-28(30)31/h7-10,13-16,19-22,31-32H,3-6,11-12,17-18H2,1-2H3. The van der Waals surface area contributed by atoms with Crippen LogP contribution in [0.15, 0.2) is 72.8 Å². The molecule has 0 nitrogen and oxygen atoms in total. The van der Waals surface area contributed by atoms with Crippen LogP contribution in [0.5, 0.6) is 0 Å². The number of thioether (sulfide) groups is 2. The first-order valence-corrected chi connectivity index (χ1v) is 15.2. The topological polar surface area (TPSA) is 0 Å². The van der Waals surface area contributed by atoms with Gasteiger partial charge in [0.05, 0.1) is 10.5 Å². The lowest BCUT2D eigenvalue weighted by atomic mass is 9.82. The SMILES string of the molecule is CCCCCSC1c2cc3ccccc3cc2C(SCCCCC)c2cc3ccccc3cc21. The van der Waals surface area contributed by atoms with Crippen molar-refractivity contribution in [2.45, 2.75) is 62.9 Å². The van der Waals surface area contributed by atoms with Crippen molar-refractivity contribution in [3.63, 3.8) is 0 Å². The molecule has 4 aromatic rings. The van der Waals surface area contributed by atoms with E-state index in [9.17, 15) is 0 Å². The summed E-state index contributed by atoms with van der Waals surface area (Å²) in [5.41, 5.74) is 6.21. The minimum absolute atomic E-state index is 0.420. The third-order valence-electron chi connectivity index (χ3n) is 7.10. The maximum atomic E-state index is 2.51. The molecule has 0 saturated carbocycles. The van der Waals surface area contributed by atoms with E-state index in [2.05, 4.69) is 110 Å². The highest BCUT2D eigenvalue weighted by Crippen LogP contribution is 2.54. The molecule has 0 bridgehead atoms. The molecule has 0 amide bonds. The third kappa shape index (κ3) is 4.90. The number of rotatable bonds is 10. The molecule has 0 N–H and O–H groups in total. The van der Waals surface area contributed by atoms with Gasteiger partial charge < -0.3 is 0 Å². The van der Waals surface area contributed by atoms with Gasteiger partial charge >= 0.3 is 0 Å². The second-order valence-electron chi connectivity index (χ2n) is 9.57. The fourth-order valence-corrected chi connectivity index (χ4v) is 8.01. The average Bonchev–Trinajstić information content (AvgIpc) is 2.87. The summed E-state index contributed by atoms with van der Waals surface area (Å²) in [7, 11) is 0. The molecular formula is C32H36S2. The molecule has 34 heavy (non-hydrogen) atoms. The molecule has 1 aliphatic carbocycles. The molecule has 5 rings (SSSR count). The number of fused-ring (bicyclic) bond motifs is 4. The Morgan fingerprint density at radius 2 is 0.824 bits per heavy atom. The lowest BCUT2D eigenvalue weighted by Crippen LogP contribution is -2.16. The first-order valence-electron chi connectivity index (χ1n) is 13.1. The maximum absolute atomic E-state index is 2.51. The minimum Gasteiger partial charge on any atom is -0.149 e. The Labute approximate surface area is 213 Å². The predicted octanol–water partition coefficient (Wildman–Crippen LogP) is 10.3. The summed E-state index contributed by atoms with van der Waals surface area (Å²) in [5, 5.41) is 6.34. The summed E-state index contributed by atoms with van der Waals surface area (Å²) in [4.78, 5) is 0. The number of hydrogen-bond donors (Lipinski definition) is 0. The molecule has 1 aliphatic rings. The summed E-state index contributed by atoms with van der Waals surface area (Å²) >= 11 is 4.33. The van der Waals surface area contributed by atoms with E-state index in [0.717, 1.165) is 0 Å². The largest absolute Gasteiger partial charge is 0.149 e. The van der Waals surface area contributed by atoms with Gasteiger partial charge in [-0.1, -0.05) is 88.1 Å². The molecule has 0 radical (unpaired) electrons. The van der Waals surface area contributed by atoms with Crippen LogP contribution >= 0.6 is 23.5 Å². The van der Waals surface area contributed by atoms with Gasteiger partial charge in [0.1, 0.15) is 0 Å². The highest BCUT2D eigenvalue weighted by Gasteiger charge is 2.33. The van der Waals surface area contributed by atoms with Gasteiger partial charge in [-0.3, -0.25) is 0 Å². The van der Waals surface area contributed by atoms with Crippen LogP contribution in [0.1, 0.15) is 85.1 Å². The van der Waals surface area contributed by atoms with E-state index >= 15 is 0 Å². The fraction of sp³-hybridized carbons (Fsp3) is 0.375. The van der Waals surface area contributed by atoms with E-state index in [1.807, 2.05) is 0 Å². The molecule has 0 atom stereocenters. The molecule has 0 unspecified atom stereocenters. The van der Waals surface area contributed by atoms with Gasteiger partial charge in [-0.2, -0.15) is 0 Å². The van der Waals surface area contributed by atoms with Crippen LogP contribution in [0.3, 0.4) is 0 Å². The minimum atomic E-state index is 0.420. The Kier molecular flexibility index (Phi) is 7.87. The monoisotopic (exact) mass is 484 g/mol. The van der Waals surface area contributed by atoms with Gasteiger partial charge in [-0.25, -0.2) is 0 Å². The Hall–Kier alpha value is -1.90. The molecule has 4 aromatic carbocycles. The lowest BCUT2D eigenvalue weighted by molar-refractivity contribution is 0.776. The van der Waals surface area contributed by atoms with E-state index in [4.69, 9.17) is 0 Å².